The second-order valence-electron chi connectivity index (χ2n) is 7.04. The van der Waals surface area contributed by atoms with Gasteiger partial charge in [0, 0.05) is 19.7 Å². The molecule has 1 N–H and O–H groups in total. The minimum Gasteiger partial charge on any atom is -0.370 e. The van der Waals surface area contributed by atoms with Gasteiger partial charge in [-0.2, -0.15) is 0 Å². The number of benzene rings is 1. The van der Waals surface area contributed by atoms with Crippen LogP contribution < -0.4 is 10.2 Å². The predicted molar refractivity (Wildman–Crippen MR) is 93.9 cm³/mol. The summed E-state index contributed by atoms with van der Waals surface area (Å²) >= 11 is 0. The summed E-state index contributed by atoms with van der Waals surface area (Å²) in [6.07, 6.45) is 6.62. The summed E-state index contributed by atoms with van der Waals surface area (Å²) in [6, 6.07) is 8.68. The SMILES string of the molecule is C[C@H]1CCO[C@H](C(=O)Nc2ccccc2N(C)C2CCCC2)C1. The standard InChI is InChI=1S/C19H28N2O2/c1-14-11-12-23-18(13-14)19(22)20-16-9-5-6-10-17(16)21(2)15-7-3-4-8-15/h5-6,9-10,14-15,18H,3-4,7-8,11-13H2,1-2H3,(H,20,22)/t14-,18-/m0/s1. The Kier molecular flexibility index (Phi) is 5.21. The van der Waals surface area contributed by atoms with Gasteiger partial charge in [-0.3, -0.25) is 4.79 Å². The Morgan fingerprint density at radius 3 is 2.70 bits per heavy atom. The number of hydrogen-bond acceptors (Lipinski definition) is 3. The molecule has 1 saturated heterocycles. The molecule has 1 aromatic carbocycles. The van der Waals surface area contributed by atoms with E-state index in [1.165, 1.54) is 25.7 Å². The molecule has 1 saturated carbocycles. The van der Waals surface area contributed by atoms with Gasteiger partial charge in [-0.05, 0) is 43.7 Å². The van der Waals surface area contributed by atoms with E-state index in [9.17, 15) is 4.79 Å². The maximum Gasteiger partial charge on any atom is 0.253 e. The van der Waals surface area contributed by atoms with E-state index in [1.807, 2.05) is 18.2 Å². The molecule has 1 aliphatic heterocycles. The summed E-state index contributed by atoms with van der Waals surface area (Å²) in [7, 11) is 2.14. The predicted octanol–water partition coefficient (Wildman–Crippen LogP) is 3.82. The average molecular weight is 316 g/mol. The second kappa shape index (κ2) is 7.35. The van der Waals surface area contributed by atoms with Gasteiger partial charge in [-0.25, -0.2) is 0 Å². The minimum absolute atomic E-state index is 0.0104. The van der Waals surface area contributed by atoms with Crippen molar-refractivity contribution in [3.05, 3.63) is 24.3 Å². The van der Waals surface area contributed by atoms with Crippen LogP contribution in [0.1, 0.15) is 45.4 Å². The van der Waals surface area contributed by atoms with E-state index in [2.05, 4.69) is 30.3 Å². The van der Waals surface area contributed by atoms with Crippen molar-refractivity contribution in [1.82, 2.24) is 0 Å². The molecule has 1 heterocycles. The van der Waals surface area contributed by atoms with E-state index < -0.39 is 0 Å². The Hall–Kier alpha value is -1.55. The Balaban J connectivity index is 1.71. The number of amides is 1. The maximum atomic E-state index is 12.6. The molecule has 1 aromatic rings. The van der Waals surface area contributed by atoms with E-state index in [1.54, 1.807) is 0 Å². The Morgan fingerprint density at radius 1 is 1.22 bits per heavy atom. The molecular formula is C19H28N2O2. The average Bonchev–Trinajstić information content (AvgIpc) is 3.09. The number of nitrogens with one attached hydrogen (secondary N) is 1. The molecule has 0 unspecified atom stereocenters. The number of nitrogens with zero attached hydrogens (tertiary/aromatic N) is 1. The first-order valence-corrected chi connectivity index (χ1v) is 8.89. The lowest BCUT2D eigenvalue weighted by Gasteiger charge is -2.30. The summed E-state index contributed by atoms with van der Waals surface area (Å²) in [5.41, 5.74) is 2.00. The van der Waals surface area contributed by atoms with E-state index in [0.29, 0.717) is 18.6 Å². The third kappa shape index (κ3) is 3.86. The zero-order valence-corrected chi connectivity index (χ0v) is 14.3. The van der Waals surface area contributed by atoms with Gasteiger partial charge in [0.2, 0.25) is 0 Å². The van der Waals surface area contributed by atoms with Crippen molar-refractivity contribution in [2.45, 2.75) is 57.6 Å². The van der Waals surface area contributed by atoms with Gasteiger partial charge in [-0.1, -0.05) is 31.9 Å². The topological polar surface area (TPSA) is 41.6 Å². The van der Waals surface area contributed by atoms with Crippen LogP contribution in [0.5, 0.6) is 0 Å². The van der Waals surface area contributed by atoms with Crippen LogP contribution in [-0.4, -0.2) is 31.7 Å². The third-order valence-electron chi connectivity index (χ3n) is 5.25. The second-order valence-corrected chi connectivity index (χ2v) is 7.04. The van der Waals surface area contributed by atoms with Crippen molar-refractivity contribution >= 4 is 17.3 Å². The van der Waals surface area contributed by atoms with Crippen LogP contribution >= 0.6 is 0 Å². The number of para-hydroxylation sites is 2. The maximum absolute atomic E-state index is 12.6. The van der Waals surface area contributed by atoms with Gasteiger partial charge in [-0.15, -0.1) is 0 Å². The van der Waals surface area contributed by atoms with Crippen LogP contribution in [0.3, 0.4) is 0 Å². The van der Waals surface area contributed by atoms with Crippen molar-refractivity contribution < 1.29 is 9.53 Å². The number of carbonyl (C=O) groups is 1. The Bertz CT molecular complexity index is 540. The molecule has 1 aliphatic carbocycles. The number of carbonyl (C=O) groups excluding carboxylic acids is 1. The molecule has 0 radical (unpaired) electrons. The molecular weight excluding hydrogens is 288 g/mol. The van der Waals surface area contributed by atoms with Gasteiger partial charge in [0.25, 0.3) is 5.91 Å². The quantitative estimate of drug-likeness (QED) is 0.918. The van der Waals surface area contributed by atoms with Crippen molar-refractivity contribution in [2.75, 3.05) is 23.9 Å². The lowest BCUT2D eigenvalue weighted by atomic mass is 9.97. The molecule has 4 heteroatoms. The lowest BCUT2D eigenvalue weighted by Crippen LogP contribution is -2.36. The molecule has 2 atom stereocenters. The molecule has 126 valence electrons. The molecule has 4 nitrogen and oxygen atoms in total. The molecule has 3 rings (SSSR count). The first kappa shape index (κ1) is 16.3. The number of rotatable bonds is 4. The van der Waals surface area contributed by atoms with E-state index in [-0.39, 0.29) is 12.0 Å². The zero-order valence-electron chi connectivity index (χ0n) is 14.3. The summed E-state index contributed by atoms with van der Waals surface area (Å²) in [5, 5.41) is 3.10. The van der Waals surface area contributed by atoms with Gasteiger partial charge in [0.05, 0.1) is 11.4 Å². The van der Waals surface area contributed by atoms with Crippen molar-refractivity contribution in [2.24, 2.45) is 5.92 Å². The van der Waals surface area contributed by atoms with Gasteiger partial charge < -0.3 is 15.0 Å². The normalized spacial score (nSPS) is 25.3. The van der Waals surface area contributed by atoms with Gasteiger partial charge >= 0.3 is 0 Å². The molecule has 23 heavy (non-hydrogen) atoms. The van der Waals surface area contributed by atoms with Crippen LogP contribution in [0.15, 0.2) is 24.3 Å². The number of hydrogen-bond donors (Lipinski definition) is 1. The monoisotopic (exact) mass is 316 g/mol. The first-order valence-electron chi connectivity index (χ1n) is 8.89. The van der Waals surface area contributed by atoms with Crippen LogP contribution in [0.25, 0.3) is 0 Å². The van der Waals surface area contributed by atoms with Crippen molar-refractivity contribution in [1.29, 1.82) is 0 Å². The van der Waals surface area contributed by atoms with Gasteiger partial charge in [0.15, 0.2) is 0 Å². The van der Waals surface area contributed by atoms with E-state index in [4.69, 9.17) is 4.74 Å². The summed E-state index contributed by atoms with van der Waals surface area (Å²) < 4.78 is 5.66. The lowest BCUT2D eigenvalue weighted by molar-refractivity contribution is -0.131. The number of anilines is 2. The van der Waals surface area contributed by atoms with Crippen LogP contribution in [-0.2, 0) is 9.53 Å². The molecule has 2 aliphatic rings. The first-order chi connectivity index (χ1) is 11.1. The van der Waals surface area contributed by atoms with E-state index >= 15 is 0 Å². The largest absolute Gasteiger partial charge is 0.370 e. The fourth-order valence-electron chi connectivity index (χ4n) is 3.73. The summed E-state index contributed by atoms with van der Waals surface area (Å²) in [6.45, 7) is 2.87. The van der Waals surface area contributed by atoms with E-state index in [0.717, 1.165) is 24.2 Å². The van der Waals surface area contributed by atoms with Crippen LogP contribution in [0.2, 0.25) is 0 Å². The van der Waals surface area contributed by atoms with Gasteiger partial charge in [0.1, 0.15) is 6.10 Å². The highest BCUT2D eigenvalue weighted by Crippen LogP contribution is 2.32. The molecule has 2 fully saturated rings. The highest BCUT2D eigenvalue weighted by atomic mass is 16.5. The highest BCUT2D eigenvalue weighted by Gasteiger charge is 2.27. The Morgan fingerprint density at radius 2 is 1.96 bits per heavy atom. The van der Waals surface area contributed by atoms with Crippen LogP contribution in [0.4, 0.5) is 11.4 Å². The smallest absolute Gasteiger partial charge is 0.253 e. The summed E-state index contributed by atoms with van der Waals surface area (Å²) in [4.78, 5) is 14.9. The fourth-order valence-corrected chi connectivity index (χ4v) is 3.73. The molecule has 0 aromatic heterocycles. The highest BCUT2D eigenvalue weighted by molar-refractivity contribution is 5.97. The zero-order chi connectivity index (χ0) is 16.2. The van der Waals surface area contributed by atoms with Crippen LogP contribution in [0, 0.1) is 5.92 Å². The number of ether oxygens (including phenoxy) is 1. The molecule has 0 spiro atoms. The van der Waals surface area contributed by atoms with Crippen molar-refractivity contribution in [3.8, 4) is 0 Å². The minimum atomic E-state index is -0.316. The fraction of sp³-hybridized carbons (Fsp3) is 0.632. The molecule has 0 bridgehead atoms. The third-order valence-corrected chi connectivity index (χ3v) is 5.25. The van der Waals surface area contributed by atoms with Crippen molar-refractivity contribution in [3.63, 3.8) is 0 Å². The summed E-state index contributed by atoms with van der Waals surface area (Å²) in [5.74, 6) is 0.541. The molecule has 1 amide bonds. The Labute approximate surface area is 139 Å².